The number of likely N-dealkylation sites (tertiary alicyclic amines) is 1. The number of nitrogens with zero attached hydrogens (tertiary/aromatic N) is 3. The van der Waals surface area contributed by atoms with Crippen LogP contribution in [0.5, 0.6) is 0 Å². The quantitative estimate of drug-likeness (QED) is 0.439. The minimum absolute atomic E-state index is 0.00120. The number of hydrogen-bond acceptors (Lipinski definition) is 8. The standard InChI is InChI=1S/C30H35N5O5/c1-29(2,3)17-23(32-25-22-13-7-8-14-24(22)40-27(37)33-25)26(36)34-30(19-31)15-9-10-16-35(20-30)28(38)39-18-21-11-5-4-6-12-21/h4-8,11-14,23H,9-10,15-18,20H2,1-3H3,(H,34,36)(H,32,33,37)/t23-,30?/m0/s1. The second-order valence-corrected chi connectivity index (χ2v) is 11.4. The van der Waals surface area contributed by atoms with Gasteiger partial charge in [-0.25, -0.2) is 9.59 Å². The van der Waals surface area contributed by atoms with Gasteiger partial charge in [0, 0.05) is 6.54 Å². The Morgan fingerprint density at radius 3 is 2.60 bits per heavy atom. The lowest BCUT2D eigenvalue weighted by molar-refractivity contribution is -0.124. The van der Waals surface area contributed by atoms with E-state index in [2.05, 4.69) is 21.7 Å². The molecule has 10 nitrogen and oxygen atoms in total. The van der Waals surface area contributed by atoms with E-state index in [0.29, 0.717) is 43.2 Å². The molecule has 1 aliphatic rings. The molecule has 0 saturated carbocycles. The van der Waals surface area contributed by atoms with Crippen LogP contribution in [-0.2, 0) is 16.1 Å². The van der Waals surface area contributed by atoms with Crippen LogP contribution in [0.1, 0.15) is 52.0 Å². The number of nitrogens with one attached hydrogen (secondary N) is 2. The summed E-state index contributed by atoms with van der Waals surface area (Å²) in [6.07, 6.45) is 1.57. The first kappa shape index (κ1) is 28.6. The number of carbonyl (C=O) groups is 2. The number of para-hydroxylation sites is 1. The molecule has 2 atom stereocenters. The molecular weight excluding hydrogens is 510 g/mol. The Morgan fingerprint density at radius 2 is 1.88 bits per heavy atom. The maximum absolute atomic E-state index is 13.8. The first-order valence-electron chi connectivity index (χ1n) is 13.4. The predicted octanol–water partition coefficient (Wildman–Crippen LogP) is 4.61. The summed E-state index contributed by atoms with van der Waals surface area (Å²) in [6.45, 7) is 6.53. The van der Waals surface area contributed by atoms with E-state index < -0.39 is 29.3 Å². The highest BCUT2D eigenvalue weighted by molar-refractivity contribution is 5.91. The van der Waals surface area contributed by atoms with Crippen molar-refractivity contribution in [1.29, 1.82) is 5.26 Å². The van der Waals surface area contributed by atoms with Crippen molar-refractivity contribution >= 4 is 28.8 Å². The van der Waals surface area contributed by atoms with Crippen molar-refractivity contribution in [1.82, 2.24) is 15.2 Å². The van der Waals surface area contributed by atoms with Gasteiger partial charge < -0.3 is 24.7 Å². The van der Waals surface area contributed by atoms with Gasteiger partial charge in [0.05, 0.1) is 18.0 Å². The van der Waals surface area contributed by atoms with Gasteiger partial charge in [-0.3, -0.25) is 4.79 Å². The van der Waals surface area contributed by atoms with E-state index in [-0.39, 0.29) is 24.4 Å². The summed E-state index contributed by atoms with van der Waals surface area (Å²) >= 11 is 0. The average Bonchev–Trinajstić information content (AvgIpc) is 3.14. The largest absolute Gasteiger partial charge is 0.445 e. The first-order valence-corrected chi connectivity index (χ1v) is 13.4. The molecule has 0 bridgehead atoms. The van der Waals surface area contributed by atoms with Gasteiger partial charge >= 0.3 is 11.8 Å². The van der Waals surface area contributed by atoms with E-state index in [4.69, 9.17) is 9.15 Å². The first-order chi connectivity index (χ1) is 19.1. The molecule has 40 heavy (non-hydrogen) atoms. The minimum atomic E-state index is -1.30. The van der Waals surface area contributed by atoms with Crippen molar-refractivity contribution < 1.29 is 18.7 Å². The monoisotopic (exact) mass is 545 g/mol. The molecule has 10 heteroatoms. The summed E-state index contributed by atoms with van der Waals surface area (Å²) in [5, 5.41) is 16.9. The van der Waals surface area contributed by atoms with Gasteiger partial charge in [0.25, 0.3) is 0 Å². The van der Waals surface area contributed by atoms with Crippen LogP contribution in [0.2, 0.25) is 0 Å². The Kier molecular flexibility index (Phi) is 8.73. The molecule has 0 spiro atoms. The van der Waals surface area contributed by atoms with Gasteiger partial charge in [0.15, 0.2) is 0 Å². The zero-order chi connectivity index (χ0) is 28.8. The highest BCUT2D eigenvalue weighted by Crippen LogP contribution is 2.27. The zero-order valence-electron chi connectivity index (χ0n) is 23.1. The number of anilines is 1. The van der Waals surface area contributed by atoms with Gasteiger partial charge in [0.2, 0.25) is 5.91 Å². The van der Waals surface area contributed by atoms with Crippen LogP contribution in [-0.4, -0.2) is 46.6 Å². The number of ether oxygens (including phenoxy) is 1. The number of nitriles is 1. The smallest absolute Gasteiger partial charge is 0.441 e. The number of amides is 2. The molecule has 2 heterocycles. The number of fused-ring (bicyclic) bond motifs is 1. The summed E-state index contributed by atoms with van der Waals surface area (Å²) in [4.78, 5) is 44.3. The third-order valence-electron chi connectivity index (χ3n) is 6.77. The molecule has 0 aliphatic carbocycles. The molecule has 1 unspecified atom stereocenters. The van der Waals surface area contributed by atoms with E-state index in [1.54, 1.807) is 24.3 Å². The fraction of sp³-hybridized carbons (Fsp3) is 0.433. The third kappa shape index (κ3) is 7.38. The van der Waals surface area contributed by atoms with E-state index in [0.717, 1.165) is 5.56 Å². The van der Waals surface area contributed by atoms with Crippen LogP contribution in [0.4, 0.5) is 10.6 Å². The normalized spacial score (nSPS) is 18.3. The zero-order valence-corrected chi connectivity index (χ0v) is 23.1. The molecule has 4 rings (SSSR count). The Morgan fingerprint density at radius 1 is 1.15 bits per heavy atom. The van der Waals surface area contributed by atoms with E-state index in [9.17, 15) is 19.6 Å². The molecule has 3 aromatic rings. The Hall–Kier alpha value is -4.39. The van der Waals surface area contributed by atoms with Crippen LogP contribution in [0.25, 0.3) is 11.0 Å². The number of rotatable bonds is 7. The fourth-order valence-electron chi connectivity index (χ4n) is 4.84. The highest BCUT2D eigenvalue weighted by atomic mass is 16.6. The summed E-state index contributed by atoms with van der Waals surface area (Å²) in [6, 6.07) is 17.8. The summed E-state index contributed by atoms with van der Waals surface area (Å²) < 4.78 is 10.7. The lowest BCUT2D eigenvalue weighted by Crippen LogP contribution is -2.58. The van der Waals surface area contributed by atoms with Crippen molar-refractivity contribution in [3.63, 3.8) is 0 Å². The van der Waals surface area contributed by atoms with Gasteiger partial charge in [-0.2, -0.15) is 10.2 Å². The van der Waals surface area contributed by atoms with E-state index in [1.165, 1.54) is 4.90 Å². The molecule has 2 amide bonds. The second kappa shape index (κ2) is 12.2. The number of carbonyl (C=O) groups excluding carboxylic acids is 2. The Labute approximate surface area is 233 Å². The lowest BCUT2D eigenvalue weighted by Gasteiger charge is -2.34. The van der Waals surface area contributed by atoms with Gasteiger partial charge in [-0.1, -0.05) is 63.2 Å². The van der Waals surface area contributed by atoms with Crippen molar-refractivity contribution in [3.8, 4) is 6.07 Å². The third-order valence-corrected chi connectivity index (χ3v) is 6.77. The number of aromatic nitrogens is 1. The van der Waals surface area contributed by atoms with Crippen molar-refractivity contribution in [2.45, 2.75) is 64.6 Å². The molecule has 2 aromatic carbocycles. The molecule has 0 radical (unpaired) electrons. The van der Waals surface area contributed by atoms with Gasteiger partial charge in [-0.05, 0) is 48.8 Å². The maximum Gasteiger partial charge on any atom is 0.441 e. The van der Waals surface area contributed by atoms with Crippen molar-refractivity contribution in [2.24, 2.45) is 5.41 Å². The Bertz CT molecular complexity index is 1440. The second-order valence-electron chi connectivity index (χ2n) is 11.4. The minimum Gasteiger partial charge on any atom is -0.445 e. The lowest BCUT2D eigenvalue weighted by atomic mass is 9.86. The molecule has 210 valence electrons. The molecule has 1 saturated heterocycles. The van der Waals surface area contributed by atoms with Crippen LogP contribution in [0.15, 0.2) is 63.8 Å². The SMILES string of the molecule is CC(C)(C)C[C@H](Nc1nc(=O)oc2ccccc12)C(=O)NC1(C#N)CCCCN(C(=O)OCc2ccccc2)C1. The molecule has 1 fully saturated rings. The summed E-state index contributed by atoms with van der Waals surface area (Å²) in [5.74, 6) is -0.970. The number of benzene rings is 2. The highest BCUT2D eigenvalue weighted by Gasteiger charge is 2.40. The predicted molar refractivity (Wildman–Crippen MR) is 150 cm³/mol. The average molecular weight is 546 g/mol. The summed E-state index contributed by atoms with van der Waals surface area (Å²) in [7, 11) is 0. The fourth-order valence-corrected chi connectivity index (χ4v) is 4.84. The number of hydrogen-bond donors (Lipinski definition) is 2. The molecular formula is C30H35N5O5. The molecule has 1 aliphatic heterocycles. The van der Waals surface area contributed by atoms with Crippen LogP contribution in [0.3, 0.4) is 0 Å². The maximum atomic E-state index is 13.8. The van der Waals surface area contributed by atoms with Crippen LogP contribution in [0, 0.1) is 16.7 Å². The molecule has 1 aromatic heterocycles. The summed E-state index contributed by atoms with van der Waals surface area (Å²) in [5.41, 5.74) is -0.372. The van der Waals surface area contributed by atoms with E-state index in [1.807, 2.05) is 51.1 Å². The van der Waals surface area contributed by atoms with Crippen LogP contribution >= 0.6 is 0 Å². The Balaban J connectivity index is 1.54. The molecule has 2 N–H and O–H groups in total. The van der Waals surface area contributed by atoms with Gasteiger partial charge in [-0.15, -0.1) is 0 Å². The van der Waals surface area contributed by atoms with Crippen LogP contribution < -0.4 is 16.4 Å². The van der Waals surface area contributed by atoms with Crippen molar-refractivity contribution in [2.75, 3.05) is 18.4 Å². The van der Waals surface area contributed by atoms with Crippen molar-refractivity contribution in [3.05, 3.63) is 70.7 Å². The van der Waals surface area contributed by atoms with E-state index >= 15 is 0 Å². The topological polar surface area (TPSA) is 138 Å². The van der Waals surface area contributed by atoms with Gasteiger partial charge in [0.1, 0.15) is 29.6 Å².